The SMILES string of the molecule is COc1cccc(C(O)(c2cccc(OC)c2)C23CC[N+](CCCOc4ccccc4)(CC2)CC3)c1.[Br-]. The molecule has 0 unspecified atom stereocenters. The molecule has 3 saturated heterocycles. The molecule has 3 heterocycles. The van der Waals surface area contributed by atoms with Crippen LogP contribution in [0.25, 0.3) is 0 Å². The van der Waals surface area contributed by atoms with Crippen LogP contribution in [-0.2, 0) is 5.60 Å². The zero-order valence-corrected chi connectivity index (χ0v) is 23.5. The quantitative estimate of drug-likeness (QED) is 0.302. The van der Waals surface area contributed by atoms with Gasteiger partial charge >= 0.3 is 0 Å². The Morgan fingerprint density at radius 2 is 1.27 bits per heavy atom. The van der Waals surface area contributed by atoms with Gasteiger partial charge in [0, 0.05) is 31.1 Å². The number of ether oxygens (including phenoxy) is 3. The smallest absolute Gasteiger partial charge is 0.121 e. The van der Waals surface area contributed by atoms with Gasteiger partial charge in [-0.1, -0.05) is 42.5 Å². The molecule has 0 aromatic heterocycles. The van der Waals surface area contributed by atoms with Gasteiger partial charge in [0.25, 0.3) is 0 Å². The first kappa shape index (κ1) is 27.5. The van der Waals surface area contributed by atoms with Crippen LogP contribution in [0.2, 0.25) is 0 Å². The molecule has 6 heteroatoms. The van der Waals surface area contributed by atoms with Crippen molar-refractivity contribution >= 4 is 0 Å². The molecule has 5 nitrogen and oxygen atoms in total. The molecule has 0 saturated carbocycles. The number of rotatable bonds is 10. The Bertz CT molecular complexity index is 1100. The van der Waals surface area contributed by atoms with Crippen LogP contribution in [-0.4, -0.2) is 56.6 Å². The highest BCUT2D eigenvalue weighted by molar-refractivity contribution is 5.45. The molecular formula is C31H38BrNO4. The van der Waals surface area contributed by atoms with Crippen LogP contribution in [0.5, 0.6) is 17.2 Å². The minimum absolute atomic E-state index is 0. The fourth-order valence-electron chi connectivity index (χ4n) is 6.52. The average Bonchev–Trinajstić information content (AvgIpc) is 2.96. The number of nitrogens with zero attached hydrogens (tertiary/aromatic N) is 1. The maximum Gasteiger partial charge on any atom is 0.121 e. The van der Waals surface area contributed by atoms with Crippen molar-refractivity contribution in [1.82, 2.24) is 0 Å². The van der Waals surface area contributed by atoms with E-state index in [0.29, 0.717) is 0 Å². The molecule has 0 atom stereocenters. The van der Waals surface area contributed by atoms with Crippen molar-refractivity contribution in [3.8, 4) is 17.2 Å². The normalized spacial score (nSPS) is 22.7. The molecule has 3 aliphatic rings. The highest BCUT2D eigenvalue weighted by Crippen LogP contribution is 2.58. The Morgan fingerprint density at radius 3 is 1.78 bits per heavy atom. The third-order valence-electron chi connectivity index (χ3n) is 8.73. The highest BCUT2D eigenvalue weighted by Gasteiger charge is 2.60. The van der Waals surface area contributed by atoms with Gasteiger partial charge in [-0.2, -0.15) is 0 Å². The molecule has 37 heavy (non-hydrogen) atoms. The molecule has 0 spiro atoms. The number of piperidine rings is 3. The second-order valence-corrected chi connectivity index (χ2v) is 10.5. The zero-order chi connectivity index (χ0) is 25.1. The summed E-state index contributed by atoms with van der Waals surface area (Å²) < 4.78 is 18.2. The fraction of sp³-hybridized carbons (Fsp3) is 0.419. The van der Waals surface area contributed by atoms with Crippen molar-refractivity contribution in [1.29, 1.82) is 0 Å². The number of aliphatic hydroxyl groups is 1. The predicted octanol–water partition coefficient (Wildman–Crippen LogP) is 2.41. The standard InChI is InChI=1S/C31H38NO4.BrH/c1-34-28-13-6-9-25(23-28)31(33,26-10-7-14-29(24-26)35-2)30-15-19-32(20-16-30,21-17-30)18-8-22-36-27-11-4-3-5-12-27;/h3-7,9-14,23-24,33H,8,15-22H2,1-2H3;1H/q+1;/p-1. The molecule has 0 aliphatic carbocycles. The first-order chi connectivity index (χ1) is 17.5. The van der Waals surface area contributed by atoms with Gasteiger partial charge in [0.05, 0.1) is 47.0 Å². The molecular weight excluding hydrogens is 530 g/mol. The Morgan fingerprint density at radius 1 is 0.757 bits per heavy atom. The lowest BCUT2D eigenvalue weighted by Crippen LogP contribution is -3.00. The third kappa shape index (κ3) is 5.25. The van der Waals surface area contributed by atoms with Gasteiger partial charge in [-0.15, -0.1) is 0 Å². The number of hydrogen-bond acceptors (Lipinski definition) is 4. The first-order valence-corrected chi connectivity index (χ1v) is 13.1. The summed E-state index contributed by atoms with van der Waals surface area (Å²) in [6, 6.07) is 26.0. The van der Waals surface area contributed by atoms with E-state index in [9.17, 15) is 5.11 Å². The summed E-state index contributed by atoms with van der Waals surface area (Å²) in [7, 11) is 3.35. The van der Waals surface area contributed by atoms with Crippen molar-refractivity contribution < 1.29 is 40.8 Å². The summed E-state index contributed by atoms with van der Waals surface area (Å²) in [6.45, 7) is 5.12. The average molecular weight is 569 g/mol. The number of methoxy groups -OCH3 is 2. The van der Waals surface area contributed by atoms with Gasteiger partial charge in [-0.3, -0.25) is 0 Å². The summed E-state index contributed by atoms with van der Waals surface area (Å²) in [5.74, 6) is 2.47. The van der Waals surface area contributed by atoms with Gasteiger partial charge < -0.3 is 40.8 Å². The lowest BCUT2D eigenvalue weighted by molar-refractivity contribution is -0.946. The van der Waals surface area contributed by atoms with Gasteiger partial charge in [0.1, 0.15) is 22.8 Å². The molecule has 3 fully saturated rings. The topological polar surface area (TPSA) is 47.9 Å². The largest absolute Gasteiger partial charge is 1.00 e. The summed E-state index contributed by atoms with van der Waals surface area (Å²) >= 11 is 0. The number of para-hydroxylation sites is 1. The van der Waals surface area contributed by atoms with Crippen LogP contribution in [0.1, 0.15) is 36.8 Å². The molecule has 3 aliphatic heterocycles. The van der Waals surface area contributed by atoms with Crippen LogP contribution >= 0.6 is 0 Å². The minimum Gasteiger partial charge on any atom is -1.00 e. The monoisotopic (exact) mass is 567 g/mol. The second kappa shape index (κ2) is 11.5. The Balaban J connectivity index is 0.00000320. The molecule has 2 bridgehead atoms. The van der Waals surface area contributed by atoms with E-state index < -0.39 is 5.60 Å². The zero-order valence-electron chi connectivity index (χ0n) is 21.9. The lowest BCUT2D eigenvalue weighted by Gasteiger charge is -2.60. The Labute approximate surface area is 231 Å². The van der Waals surface area contributed by atoms with Crippen LogP contribution in [0, 0.1) is 5.41 Å². The van der Waals surface area contributed by atoms with Crippen LogP contribution < -0.4 is 31.2 Å². The van der Waals surface area contributed by atoms with E-state index in [1.165, 1.54) is 0 Å². The van der Waals surface area contributed by atoms with Crippen molar-refractivity contribution in [3.05, 3.63) is 90.0 Å². The molecule has 198 valence electrons. The van der Waals surface area contributed by atoms with Crippen molar-refractivity contribution in [2.75, 3.05) is 47.0 Å². The molecule has 0 radical (unpaired) electrons. The van der Waals surface area contributed by atoms with E-state index >= 15 is 0 Å². The van der Waals surface area contributed by atoms with Crippen LogP contribution in [0.3, 0.4) is 0 Å². The molecule has 6 rings (SSSR count). The lowest BCUT2D eigenvalue weighted by atomic mass is 9.56. The van der Waals surface area contributed by atoms with Gasteiger partial charge in [-0.05, 0) is 47.5 Å². The molecule has 0 amide bonds. The predicted molar refractivity (Wildman–Crippen MR) is 142 cm³/mol. The fourth-order valence-corrected chi connectivity index (χ4v) is 6.52. The van der Waals surface area contributed by atoms with Crippen molar-refractivity contribution in [2.45, 2.75) is 31.3 Å². The second-order valence-electron chi connectivity index (χ2n) is 10.5. The van der Waals surface area contributed by atoms with E-state index in [2.05, 4.69) is 0 Å². The number of benzene rings is 3. The van der Waals surface area contributed by atoms with E-state index in [-0.39, 0.29) is 22.4 Å². The molecule has 3 aromatic carbocycles. The summed E-state index contributed by atoms with van der Waals surface area (Å²) in [6.07, 6.45) is 3.99. The number of quaternary nitrogens is 1. The van der Waals surface area contributed by atoms with Crippen LogP contribution in [0.15, 0.2) is 78.9 Å². The van der Waals surface area contributed by atoms with Gasteiger partial charge in [0.15, 0.2) is 0 Å². The maximum absolute atomic E-state index is 12.8. The Hall–Kier alpha value is -2.54. The summed E-state index contributed by atoms with van der Waals surface area (Å²) in [5.41, 5.74) is 0.441. The van der Waals surface area contributed by atoms with E-state index in [1.807, 2.05) is 78.9 Å². The van der Waals surface area contributed by atoms with E-state index in [4.69, 9.17) is 14.2 Å². The van der Waals surface area contributed by atoms with E-state index in [1.54, 1.807) is 14.2 Å². The van der Waals surface area contributed by atoms with Crippen molar-refractivity contribution in [2.24, 2.45) is 5.41 Å². The summed E-state index contributed by atoms with van der Waals surface area (Å²) in [4.78, 5) is 0. The van der Waals surface area contributed by atoms with Crippen molar-refractivity contribution in [3.63, 3.8) is 0 Å². The number of hydrogen-bond donors (Lipinski definition) is 1. The van der Waals surface area contributed by atoms with Gasteiger partial charge in [0.2, 0.25) is 0 Å². The first-order valence-electron chi connectivity index (χ1n) is 13.1. The minimum atomic E-state index is -1.12. The molecule has 1 N–H and O–H groups in total. The number of halogens is 1. The summed E-state index contributed by atoms with van der Waals surface area (Å²) in [5, 5.41) is 12.8. The van der Waals surface area contributed by atoms with E-state index in [0.717, 1.165) is 91.3 Å². The van der Waals surface area contributed by atoms with Crippen LogP contribution in [0.4, 0.5) is 0 Å². The number of fused-ring (bicyclic) bond motifs is 3. The highest BCUT2D eigenvalue weighted by atomic mass is 79.9. The van der Waals surface area contributed by atoms with Gasteiger partial charge in [-0.25, -0.2) is 0 Å². The third-order valence-corrected chi connectivity index (χ3v) is 8.73. The maximum atomic E-state index is 12.8. The molecule has 3 aromatic rings. The Kier molecular flexibility index (Phi) is 8.52.